The fourth-order valence-corrected chi connectivity index (χ4v) is 2.83. The van der Waals surface area contributed by atoms with Crippen molar-refractivity contribution in [3.05, 3.63) is 29.3 Å². The summed E-state index contributed by atoms with van der Waals surface area (Å²) in [6, 6.07) is 7.94. The van der Waals surface area contributed by atoms with Crippen LogP contribution in [0.25, 0.3) is 0 Å². The molecule has 1 fully saturated rings. The van der Waals surface area contributed by atoms with E-state index >= 15 is 0 Å². The Morgan fingerprint density at radius 2 is 1.67 bits per heavy atom. The number of halogens is 1. The van der Waals surface area contributed by atoms with Gasteiger partial charge in [0.15, 0.2) is 0 Å². The maximum absolute atomic E-state index is 11.5. The molecule has 0 atom stereocenters. The van der Waals surface area contributed by atoms with Crippen molar-refractivity contribution < 1.29 is 9.59 Å². The molecule has 7 heteroatoms. The molecule has 0 aliphatic carbocycles. The first-order valence-corrected chi connectivity index (χ1v) is 8.77. The molecule has 0 saturated carbocycles. The highest BCUT2D eigenvalue weighted by molar-refractivity contribution is 6.35. The largest absolute Gasteiger partial charge is 0.369 e. The van der Waals surface area contributed by atoms with Crippen molar-refractivity contribution in [2.24, 2.45) is 0 Å². The van der Waals surface area contributed by atoms with Gasteiger partial charge in [0.2, 0.25) is 0 Å². The van der Waals surface area contributed by atoms with Crippen molar-refractivity contribution in [2.45, 2.75) is 13.3 Å². The number of carbonyl (C=O) groups is 2. The van der Waals surface area contributed by atoms with E-state index < -0.39 is 11.8 Å². The maximum atomic E-state index is 11.5. The lowest BCUT2D eigenvalue weighted by Gasteiger charge is -2.36. The van der Waals surface area contributed by atoms with Gasteiger partial charge in [-0.1, -0.05) is 11.6 Å². The zero-order chi connectivity index (χ0) is 17.4. The maximum Gasteiger partial charge on any atom is 0.309 e. The first-order chi connectivity index (χ1) is 11.6. The third-order valence-electron chi connectivity index (χ3n) is 4.04. The Morgan fingerprint density at radius 3 is 2.29 bits per heavy atom. The highest BCUT2D eigenvalue weighted by Gasteiger charge is 2.17. The minimum atomic E-state index is -0.561. The van der Waals surface area contributed by atoms with Crippen molar-refractivity contribution in [3.8, 4) is 0 Å². The van der Waals surface area contributed by atoms with E-state index in [1.54, 1.807) is 6.92 Å². The molecule has 0 radical (unpaired) electrons. The number of piperazine rings is 1. The van der Waals surface area contributed by atoms with Crippen LogP contribution < -0.4 is 15.5 Å². The van der Waals surface area contributed by atoms with Crippen LogP contribution in [0.15, 0.2) is 24.3 Å². The summed E-state index contributed by atoms with van der Waals surface area (Å²) in [4.78, 5) is 27.5. The summed E-state index contributed by atoms with van der Waals surface area (Å²) in [7, 11) is 0. The minimum absolute atomic E-state index is 0.462. The van der Waals surface area contributed by atoms with Gasteiger partial charge in [-0.25, -0.2) is 0 Å². The molecule has 24 heavy (non-hydrogen) atoms. The second kappa shape index (κ2) is 9.49. The van der Waals surface area contributed by atoms with Crippen molar-refractivity contribution in [3.63, 3.8) is 0 Å². The van der Waals surface area contributed by atoms with Gasteiger partial charge < -0.3 is 15.5 Å². The topological polar surface area (TPSA) is 64.7 Å². The molecule has 1 aromatic carbocycles. The molecule has 6 nitrogen and oxygen atoms in total. The molecule has 1 heterocycles. The monoisotopic (exact) mass is 352 g/mol. The Morgan fingerprint density at radius 1 is 1.04 bits per heavy atom. The van der Waals surface area contributed by atoms with Gasteiger partial charge in [0, 0.05) is 50.0 Å². The summed E-state index contributed by atoms with van der Waals surface area (Å²) in [5.41, 5.74) is 1.20. The van der Waals surface area contributed by atoms with Gasteiger partial charge in [-0.3, -0.25) is 14.5 Å². The second-order valence-corrected chi connectivity index (χ2v) is 6.21. The molecule has 1 saturated heterocycles. The molecule has 2 amide bonds. The van der Waals surface area contributed by atoms with Gasteiger partial charge in [-0.15, -0.1) is 0 Å². The van der Waals surface area contributed by atoms with Crippen LogP contribution in [-0.4, -0.2) is 62.5 Å². The van der Waals surface area contributed by atoms with Crippen molar-refractivity contribution in [1.82, 2.24) is 15.5 Å². The summed E-state index contributed by atoms with van der Waals surface area (Å²) >= 11 is 5.92. The number of nitrogens with zero attached hydrogens (tertiary/aromatic N) is 2. The Labute approximate surface area is 148 Å². The van der Waals surface area contributed by atoms with E-state index in [9.17, 15) is 9.59 Å². The van der Waals surface area contributed by atoms with Gasteiger partial charge in [-0.05, 0) is 44.2 Å². The average Bonchev–Trinajstić information content (AvgIpc) is 2.60. The van der Waals surface area contributed by atoms with Crippen LogP contribution in [0.2, 0.25) is 5.02 Å². The van der Waals surface area contributed by atoms with E-state index in [0.29, 0.717) is 13.1 Å². The van der Waals surface area contributed by atoms with Gasteiger partial charge in [0.05, 0.1) is 0 Å². The van der Waals surface area contributed by atoms with E-state index in [0.717, 1.165) is 44.2 Å². The number of hydrogen-bond donors (Lipinski definition) is 2. The van der Waals surface area contributed by atoms with Crippen LogP contribution in [0, 0.1) is 0 Å². The third-order valence-corrected chi connectivity index (χ3v) is 4.30. The molecule has 1 aliphatic heterocycles. The molecule has 1 aromatic rings. The predicted molar refractivity (Wildman–Crippen MR) is 96.4 cm³/mol. The third kappa shape index (κ3) is 5.69. The fraction of sp³-hybridized carbons (Fsp3) is 0.529. The molecule has 2 rings (SSSR count). The zero-order valence-corrected chi connectivity index (χ0v) is 14.8. The van der Waals surface area contributed by atoms with Crippen molar-refractivity contribution in [2.75, 3.05) is 50.7 Å². The van der Waals surface area contributed by atoms with Gasteiger partial charge in [-0.2, -0.15) is 0 Å². The number of carbonyl (C=O) groups excluding carboxylic acids is 2. The van der Waals surface area contributed by atoms with Crippen LogP contribution in [0.5, 0.6) is 0 Å². The number of hydrogen-bond acceptors (Lipinski definition) is 4. The lowest BCUT2D eigenvalue weighted by Crippen LogP contribution is -2.47. The molecule has 0 spiro atoms. The molecule has 1 aliphatic rings. The summed E-state index contributed by atoms with van der Waals surface area (Å²) < 4.78 is 0. The predicted octanol–water partition coefficient (Wildman–Crippen LogP) is 1.10. The number of likely N-dealkylation sites (N-methyl/N-ethyl adjacent to an activating group) is 1. The number of nitrogens with one attached hydrogen (secondary N) is 2. The van der Waals surface area contributed by atoms with Gasteiger partial charge in [0.25, 0.3) is 0 Å². The van der Waals surface area contributed by atoms with E-state index in [1.165, 1.54) is 5.69 Å². The highest BCUT2D eigenvalue weighted by atomic mass is 35.5. The molecule has 2 N–H and O–H groups in total. The molecule has 0 unspecified atom stereocenters. The molecular formula is C17H25ClN4O2. The smallest absolute Gasteiger partial charge is 0.309 e. The van der Waals surface area contributed by atoms with E-state index in [4.69, 9.17) is 11.6 Å². The summed E-state index contributed by atoms with van der Waals surface area (Å²) in [5, 5.41) is 5.89. The van der Waals surface area contributed by atoms with Gasteiger partial charge in [0.1, 0.15) is 0 Å². The summed E-state index contributed by atoms with van der Waals surface area (Å²) in [6.07, 6.45) is 0.839. The van der Waals surface area contributed by atoms with E-state index in [1.807, 2.05) is 12.1 Å². The number of amides is 2. The normalized spacial score (nSPS) is 15.2. The molecule has 0 aromatic heterocycles. The van der Waals surface area contributed by atoms with E-state index in [2.05, 4.69) is 32.6 Å². The number of rotatable bonds is 6. The number of benzene rings is 1. The first-order valence-electron chi connectivity index (χ1n) is 8.39. The Hall–Kier alpha value is -1.79. The SMILES string of the molecule is CCNC(=O)C(=O)NCCCN1CCN(c2ccc(Cl)cc2)CC1. The Kier molecular flexibility index (Phi) is 7.34. The lowest BCUT2D eigenvalue weighted by atomic mass is 10.2. The van der Waals surface area contributed by atoms with Crippen LogP contribution in [0.1, 0.15) is 13.3 Å². The minimum Gasteiger partial charge on any atom is -0.369 e. The summed E-state index contributed by atoms with van der Waals surface area (Å²) in [5.74, 6) is -1.11. The Bertz CT molecular complexity index is 542. The van der Waals surface area contributed by atoms with Crippen molar-refractivity contribution >= 4 is 29.1 Å². The molecular weight excluding hydrogens is 328 g/mol. The van der Waals surface area contributed by atoms with Crippen molar-refractivity contribution in [1.29, 1.82) is 0 Å². The van der Waals surface area contributed by atoms with Crippen LogP contribution >= 0.6 is 11.6 Å². The first kappa shape index (κ1) is 18.5. The lowest BCUT2D eigenvalue weighted by molar-refractivity contribution is -0.139. The second-order valence-electron chi connectivity index (χ2n) is 5.77. The van der Waals surface area contributed by atoms with Crippen LogP contribution in [0.3, 0.4) is 0 Å². The zero-order valence-electron chi connectivity index (χ0n) is 14.1. The fourth-order valence-electron chi connectivity index (χ4n) is 2.71. The standard InChI is InChI=1S/C17H25ClN4O2/c1-2-19-16(23)17(24)20-8-3-9-21-10-12-22(13-11-21)15-6-4-14(18)5-7-15/h4-7H,2-3,8-13H2,1H3,(H,19,23)(H,20,24). The quantitative estimate of drug-likeness (QED) is 0.594. The summed E-state index contributed by atoms with van der Waals surface area (Å²) in [6.45, 7) is 7.64. The number of anilines is 1. The van der Waals surface area contributed by atoms with Crippen LogP contribution in [-0.2, 0) is 9.59 Å². The van der Waals surface area contributed by atoms with Gasteiger partial charge >= 0.3 is 11.8 Å². The van der Waals surface area contributed by atoms with Crippen LogP contribution in [0.4, 0.5) is 5.69 Å². The average molecular weight is 353 g/mol. The van der Waals surface area contributed by atoms with E-state index in [-0.39, 0.29) is 0 Å². The molecule has 132 valence electrons. The highest BCUT2D eigenvalue weighted by Crippen LogP contribution is 2.19. The molecule has 0 bridgehead atoms. The Balaban J connectivity index is 1.62.